The van der Waals surface area contributed by atoms with Gasteiger partial charge in [-0.1, -0.05) is 221 Å². The van der Waals surface area contributed by atoms with E-state index >= 15 is 140 Å². The predicted molar refractivity (Wildman–Crippen MR) is 478 cm³/mol. The highest BCUT2D eigenvalue weighted by Crippen LogP contribution is 2.39. The van der Waals surface area contributed by atoms with Gasteiger partial charge in [0.15, 0.2) is 93.1 Å². The predicted octanol–water partition coefficient (Wildman–Crippen LogP) is 27.3. The first-order chi connectivity index (χ1) is 65.8. The van der Waals surface area contributed by atoms with Crippen LogP contribution in [0.3, 0.4) is 0 Å². The van der Waals surface area contributed by atoms with Gasteiger partial charge >= 0.3 is 11.5 Å². The molecule has 0 atom stereocenters. The van der Waals surface area contributed by atoms with E-state index in [2.05, 4.69) is 141 Å². The van der Waals surface area contributed by atoms with Gasteiger partial charge in [0.05, 0.1) is 93.9 Å². The lowest BCUT2D eigenvalue weighted by atomic mass is 9.12. The van der Waals surface area contributed by atoms with Gasteiger partial charge in [0.2, 0.25) is 0 Å². The molecule has 0 amide bonds. The van der Waals surface area contributed by atoms with Crippen molar-refractivity contribution < 1.29 is 149 Å². The van der Waals surface area contributed by atoms with Crippen LogP contribution in [0.2, 0.25) is 0 Å². The third-order valence-electron chi connectivity index (χ3n) is 23.7. The van der Waals surface area contributed by atoms with Crippen molar-refractivity contribution in [2.45, 2.75) is 79.1 Å². The molecule has 730 valence electrons. The lowest BCUT2D eigenvalue weighted by Crippen LogP contribution is -2.81. The van der Waals surface area contributed by atoms with Crippen LogP contribution in [-0.2, 0) is 0 Å². The molecule has 0 saturated heterocycles. The van der Waals surface area contributed by atoms with Gasteiger partial charge in [-0.3, -0.25) is 0 Å². The van der Waals surface area contributed by atoms with Crippen LogP contribution in [0, 0.1) is 186 Å². The van der Waals surface area contributed by atoms with Crippen LogP contribution < -0.4 is 43.7 Å². The number of quaternary nitrogens is 1. The summed E-state index contributed by atoms with van der Waals surface area (Å²) < 4.78 is 511. The molecule has 0 aliphatic heterocycles. The van der Waals surface area contributed by atoms with Gasteiger partial charge in [-0.05, 0) is 55.5 Å². The highest BCUT2D eigenvalue weighted by atomic mass is 19.2. The second-order valence-electron chi connectivity index (χ2n) is 31.4. The topological polar surface area (TPSA) is 11.3 Å². The van der Waals surface area contributed by atoms with Crippen LogP contribution >= 0.6 is 0 Å². The standard InChI is InChI=1S/2C32H12BF16.C23H17O.C16H36N/c2*1-5-9-17(34)25(42)13(26(43)18(9)35)33(14-27(44)19(36)10(6-2)20(37)28(14)45,15-29(46)21(38)11(7-3)22(39)30(15)47)16-31(48)23(40)12(8-4)24(41)32(16)49;1-4-10-18(11-5-1)21-16-22(19-12-6-2-7-13-19)24-23(17-21)20-14-8-3-9-15-20;1-5-9-13-17(14-10-6-2,15-11-7-3)16-12-8-4/h2*5-8H,1-4H2;1-17H;5-16H2,1-4H3/q2*-1;2*+1. The number of benzene rings is 11. The SMILES string of the molecule is C=Cc1c(F)c(F)c([B-](c2c(F)c(F)c(C=C)c(F)c2F)(c2c(F)c(F)c(C=C)c(F)c2F)c2c(F)c(F)c(C=C)c(F)c2F)c(F)c1F.C=Cc1c(F)c(F)c([B-](c2c(F)c(F)c(C=C)c(F)c2F)(c2c(F)c(F)c(C=C)c(F)c2F)c2c(F)c(F)c(C=C)c(F)c2F)c(F)c1F.CCCC[N+](CCCC)(CCCC)CCCC.c1ccc(-c2cc(-c3ccccc3)[o+]c(-c3ccccc3)c2)cc1. The van der Waals surface area contributed by atoms with E-state index in [1.54, 1.807) is 0 Å². The number of rotatable bonds is 31. The first-order valence-electron chi connectivity index (χ1n) is 42.1. The molecule has 12 rings (SSSR count). The Morgan fingerprint density at radius 2 is 0.338 bits per heavy atom. The first-order valence-corrected chi connectivity index (χ1v) is 42.1. The molecule has 2 nitrogen and oxygen atoms in total. The van der Waals surface area contributed by atoms with Crippen molar-refractivity contribution in [3.05, 3.63) is 386 Å². The van der Waals surface area contributed by atoms with E-state index < -0.39 is 287 Å². The lowest BCUT2D eigenvalue weighted by molar-refractivity contribution is -0.929. The maximum atomic E-state index is 16.1. The quantitative estimate of drug-likeness (QED) is 0.0139. The zero-order valence-electron chi connectivity index (χ0n) is 73.7. The van der Waals surface area contributed by atoms with Gasteiger partial charge in [0.25, 0.3) is 0 Å². The van der Waals surface area contributed by atoms with Crippen molar-refractivity contribution in [3.8, 4) is 33.8 Å². The second kappa shape index (κ2) is 45.3. The van der Waals surface area contributed by atoms with Gasteiger partial charge in [-0.2, -0.15) is 0 Å². The Morgan fingerprint density at radius 1 is 0.201 bits per heavy atom. The van der Waals surface area contributed by atoms with Crippen molar-refractivity contribution >= 4 is 105 Å². The average Bonchev–Trinajstić information content (AvgIpc) is 0.682. The molecule has 0 radical (unpaired) electrons. The third-order valence-corrected chi connectivity index (χ3v) is 23.7. The number of unbranched alkanes of at least 4 members (excludes halogenated alkanes) is 4. The number of nitrogens with zero attached hydrogens (tertiary/aromatic N) is 1. The molecule has 0 aliphatic rings. The van der Waals surface area contributed by atoms with Crippen LogP contribution in [0.25, 0.3) is 82.4 Å². The minimum Gasteiger partial charge on any atom is -0.324 e. The Bertz CT molecular complexity index is 5510. The minimum absolute atomic E-state index is 0.0213. The molecule has 0 aliphatic carbocycles. The molecule has 1 heterocycles. The third kappa shape index (κ3) is 19.3. The number of hydrogen-bond donors (Lipinski definition) is 0. The van der Waals surface area contributed by atoms with Crippen molar-refractivity contribution in [1.29, 1.82) is 0 Å². The fraction of sp³-hybridized carbons (Fsp3) is 0.155. The minimum atomic E-state index is -6.71. The summed E-state index contributed by atoms with van der Waals surface area (Å²) in [6, 6.07) is 35.1. The van der Waals surface area contributed by atoms with E-state index in [-0.39, 0.29) is 48.6 Å². The van der Waals surface area contributed by atoms with Gasteiger partial charge in [-0.15, -0.1) is 43.7 Å². The van der Waals surface area contributed by atoms with Crippen molar-refractivity contribution in [2.24, 2.45) is 0 Å². The molecule has 11 aromatic carbocycles. The summed E-state index contributed by atoms with van der Waals surface area (Å²) in [7, 11) is 0. The normalized spacial score (nSPS) is 11.5. The molecule has 36 heteroatoms. The summed E-state index contributed by atoms with van der Waals surface area (Å²) in [5.74, 6) is -93.2. The molecule has 0 fully saturated rings. The average molecular weight is 1970 g/mol. The number of hydrogen-bond acceptors (Lipinski definition) is 0. The summed E-state index contributed by atoms with van der Waals surface area (Å²) >= 11 is 0. The summed E-state index contributed by atoms with van der Waals surface area (Å²) in [6.07, 6.45) is -2.20. The van der Waals surface area contributed by atoms with E-state index in [1.165, 1.54) is 87.6 Å². The molecular weight excluding hydrogens is 1900 g/mol. The smallest absolute Gasteiger partial charge is 0.324 e. The maximum Gasteiger partial charge on any atom is 0.361 e. The van der Waals surface area contributed by atoms with Crippen molar-refractivity contribution in [2.75, 3.05) is 26.2 Å². The Balaban J connectivity index is 0.000000224. The molecule has 12 aromatic rings. The molecule has 139 heavy (non-hydrogen) atoms. The highest BCUT2D eigenvalue weighted by Gasteiger charge is 2.55. The molecule has 0 N–H and O–H groups in total. The van der Waals surface area contributed by atoms with E-state index in [1.807, 2.05) is 42.5 Å². The molecular formula is C103H77B2F32NO. The first kappa shape index (κ1) is 109. The largest absolute Gasteiger partial charge is 0.361 e. The molecule has 0 saturated carbocycles. The Labute approximate surface area is 776 Å². The Kier molecular flexibility index (Phi) is 35.5. The van der Waals surface area contributed by atoms with Crippen molar-refractivity contribution in [3.63, 3.8) is 0 Å². The van der Waals surface area contributed by atoms with Gasteiger partial charge in [0, 0.05) is 5.56 Å². The van der Waals surface area contributed by atoms with Crippen molar-refractivity contribution in [1.82, 2.24) is 0 Å². The monoisotopic (exact) mass is 1970 g/mol. The van der Waals surface area contributed by atoms with Gasteiger partial charge < -0.3 is 4.48 Å². The molecule has 0 spiro atoms. The van der Waals surface area contributed by atoms with E-state index in [0.29, 0.717) is 0 Å². The van der Waals surface area contributed by atoms with Gasteiger partial charge in [-0.25, -0.2) is 145 Å². The van der Waals surface area contributed by atoms with E-state index in [0.717, 1.165) is 28.2 Å². The Hall–Kier alpha value is -13.7. The zero-order chi connectivity index (χ0) is 104. The summed E-state index contributed by atoms with van der Waals surface area (Å²) in [5.41, 5.74) is -34.9. The summed E-state index contributed by atoms with van der Waals surface area (Å²) in [6.45, 7) is 37.6. The summed E-state index contributed by atoms with van der Waals surface area (Å²) in [4.78, 5) is 0. The van der Waals surface area contributed by atoms with Crippen LogP contribution in [0.5, 0.6) is 0 Å². The molecule has 1 aromatic heterocycles. The van der Waals surface area contributed by atoms with E-state index in [4.69, 9.17) is 4.42 Å². The maximum absolute atomic E-state index is 16.1. The zero-order valence-corrected chi connectivity index (χ0v) is 73.7. The Morgan fingerprint density at radius 3 is 0.468 bits per heavy atom. The fourth-order valence-corrected chi connectivity index (χ4v) is 17.0. The molecule has 0 unspecified atom stereocenters. The summed E-state index contributed by atoms with van der Waals surface area (Å²) in [5, 5.41) is 0. The highest BCUT2D eigenvalue weighted by molar-refractivity contribution is 7.21. The van der Waals surface area contributed by atoms with Crippen LogP contribution in [-0.4, -0.2) is 43.0 Å². The lowest BCUT2D eigenvalue weighted by Gasteiger charge is -2.45. The van der Waals surface area contributed by atoms with E-state index in [9.17, 15) is 0 Å². The van der Waals surface area contributed by atoms with Crippen LogP contribution in [0.15, 0.2) is 160 Å². The second-order valence-corrected chi connectivity index (χ2v) is 31.4. The molecule has 0 bridgehead atoms. The van der Waals surface area contributed by atoms with Crippen LogP contribution in [0.1, 0.15) is 124 Å². The number of halogens is 32. The van der Waals surface area contributed by atoms with Gasteiger partial charge in [0.1, 0.15) is 105 Å². The fourth-order valence-electron chi connectivity index (χ4n) is 17.0. The van der Waals surface area contributed by atoms with Crippen LogP contribution in [0.4, 0.5) is 140 Å².